The fourth-order valence-corrected chi connectivity index (χ4v) is 3.75. The average molecular weight is 443 g/mol. The lowest BCUT2D eigenvalue weighted by Crippen LogP contribution is -2.45. The number of halogens is 2. The Morgan fingerprint density at radius 2 is 1.79 bits per heavy atom. The summed E-state index contributed by atoms with van der Waals surface area (Å²) in [5, 5.41) is 2.75. The highest BCUT2D eigenvalue weighted by molar-refractivity contribution is 7.89. The lowest BCUT2D eigenvalue weighted by atomic mass is 10.1. The molecule has 0 bridgehead atoms. The van der Waals surface area contributed by atoms with Crippen LogP contribution in [0.5, 0.6) is 0 Å². The maximum Gasteiger partial charge on any atom is 0.324 e. The second-order valence-corrected chi connectivity index (χ2v) is 8.61. The number of hydrogen-bond donors (Lipinski definition) is 2. The highest BCUT2D eigenvalue weighted by Crippen LogP contribution is 2.16. The molecule has 1 unspecified atom stereocenters. The molecule has 10 heteroatoms. The molecule has 7 nitrogen and oxygen atoms in total. The third-order valence-corrected chi connectivity index (χ3v) is 5.49. The monoisotopic (exact) mass is 442 g/mol. The number of amides is 1. The van der Waals surface area contributed by atoms with Gasteiger partial charge in [-0.25, -0.2) is 12.8 Å². The Morgan fingerprint density at radius 1 is 1.14 bits per heavy atom. The first-order valence-corrected chi connectivity index (χ1v) is 10.4. The van der Waals surface area contributed by atoms with Gasteiger partial charge in [-0.05, 0) is 48.4 Å². The van der Waals surface area contributed by atoms with Crippen LogP contribution in [0.1, 0.15) is 13.8 Å². The number of ether oxygens (including phenoxy) is 1. The van der Waals surface area contributed by atoms with Crippen molar-refractivity contribution in [3.8, 4) is 0 Å². The summed E-state index contributed by atoms with van der Waals surface area (Å²) in [5.74, 6) is -2.58. The Hall–Kier alpha value is -2.49. The third-order valence-electron chi connectivity index (χ3n) is 3.78. The molecular weight excluding hydrogens is 423 g/mol. The fourth-order valence-electron chi connectivity index (χ4n) is 2.30. The molecule has 0 aliphatic heterocycles. The van der Waals surface area contributed by atoms with Crippen LogP contribution in [0.25, 0.3) is 0 Å². The van der Waals surface area contributed by atoms with Crippen molar-refractivity contribution < 1.29 is 27.1 Å². The van der Waals surface area contributed by atoms with Crippen LogP contribution < -0.4 is 10.0 Å². The van der Waals surface area contributed by atoms with Crippen LogP contribution in [0.4, 0.5) is 10.1 Å². The van der Waals surface area contributed by atoms with Gasteiger partial charge < -0.3 is 10.1 Å². The molecule has 29 heavy (non-hydrogen) atoms. The zero-order chi connectivity index (χ0) is 21.6. The Bertz CT molecular complexity index is 980. The molecule has 2 N–H and O–H groups in total. The summed E-state index contributed by atoms with van der Waals surface area (Å²) in [5.41, 5.74) is 0.204. The summed E-state index contributed by atoms with van der Waals surface area (Å²) >= 11 is 5.76. The van der Waals surface area contributed by atoms with Crippen LogP contribution >= 0.6 is 11.6 Å². The molecule has 1 atom stereocenters. The molecular formula is C19H20ClFN2O5S. The number of benzene rings is 2. The predicted molar refractivity (Wildman–Crippen MR) is 106 cm³/mol. The number of rotatable bonds is 8. The van der Waals surface area contributed by atoms with Gasteiger partial charge in [-0.15, -0.1) is 0 Å². The lowest BCUT2D eigenvalue weighted by Gasteiger charge is -2.20. The molecule has 0 spiro atoms. The second-order valence-electron chi connectivity index (χ2n) is 6.46. The fraction of sp³-hybridized carbons (Fsp3) is 0.263. The molecule has 2 aromatic carbocycles. The summed E-state index contributed by atoms with van der Waals surface area (Å²) in [7, 11) is -4.01. The Kier molecular flexibility index (Phi) is 7.72. The summed E-state index contributed by atoms with van der Waals surface area (Å²) in [6, 6.07) is 9.44. The van der Waals surface area contributed by atoms with E-state index in [-0.39, 0.29) is 10.6 Å². The number of esters is 1. The van der Waals surface area contributed by atoms with Gasteiger partial charge in [-0.2, -0.15) is 4.72 Å². The van der Waals surface area contributed by atoms with Crippen molar-refractivity contribution in [2.45, 2.75) is 24.8 Å². The zero-order valence-corrected chi connectivity index (χ0v) is 17.3. The van der Waals surface area contributed by atoms with Gasteiger partial charge >= 0.3 is 5.97 Å². The molecule has 0 saturated heterocycles. The van der Waals surface area contributed by atoms with Gasteiger partial charge in [0.05, 0.1) is 4.90 Å². The highest BCUT2D eigenvalue weighted by atomic mass is 35.5. The molecule has 0 fully saturated rings. The summed E-state index contributed by atoms with van der Waals surface area (Å²) < 4.78 is 45.4. The van der Waals surface area contributed by atoms with Crippen molar-refractivity contribution >= 4 is 39.2 Å². The van der Waals surface area contributed by atoms with E-state index in [1.807, 2.05) is 0 Å². The minimum Gasteiger partial charge on any atom is -0.454 e. The Morgan fingerprint density at radius 3 is 2.38 bits per heavy atom. The number of anilines is 1. The van der Waals surface area contributed by atoms with Gasteiger partial charge in [0, 0.05) is 10.7 Å². The molecule has 0 aliphatic rings. The third kappa shape index (κ3) is 6.81. The Balaban J connectivity index is 2.00. The predicted octanol–water partition coefficient (Wildman–Crippen LogP) is 2.96. The number of nitrogens with one attached hydrogen (secondary N) is 2. The normalized spacial score (nSPS) is 12.4. The molecule has 0 aliphatic carbocycles. The zero-order valence-electron chi connectivity index (χ0n) is 15.7. The van der Waals surface area contributed by atoms with Crippen LogP contribution in [0.3, 0.4) is 0 Å². The quantitative estimate of drug-likeness (QED) is 0.612. The molecule has 0 saturated carbocycles. The van der Waals surface area contributed by atoms with Crippen molar-refractivity contribution in [2.75, 3.05) is 11.9 Å². The molecule has 2 rings (SSSR count). The van der Waals surface area contributed by atoms with E-state index in [4.69, 9.17) is 16.3 Å². The van der Waals surface area contributed by atoms with E-state index < -0.39 is 46.3 Å². The Labute approximate surface area is 173 Å². The SMILES string of the molecule is CC(C)C(NS(=O)(=O)c1ccc(Cl)cc1)C(=O)OCC(=O)Nc1cccc(F)c1. The first-order valence-electron chi connectivity index (χ1n) is 8.58. The first-order chi connectivity index (χ1) is 13.6. The van der Waals surface area contributed by atoms with Crippen LogP contribution in [0.2, 0.25) is 5.02 Å². The second kappa shape index (κ2) is 9.82. The first kappa shape index (κ1) is 22.8. The average Bonchev–Trinajstić information content (AvgIpc) is 2.64. The van der Waals surface area contributed by atoms with Crippen LogP contribution in [-0.2, 0) is 24.3 Å². The minimum atomic E-state index is -4.01. The number of carbonyl (C=O) groups is 2. The van der Waals surface area contributed by atoms with Crippen LogP contribution in [-0.4, -0.2) is 32.9 Å². The van der Waals surface area contributed by atoms with Gasteiger partial charge in [0.25, 0.3) is 5.91 Å². The summed E-state index contributed by atoms with van der Waals surface area (Å²) in [6.45, 7) is 2.60. The number of sulfonamides is 1. The standard InChI is InChI=1S/C19H20ClFN2O5S/c1-12(2)18(23-29(26,27)16-8-6-13(20)7-9-16)19(25)28-11-17(24)22-15-5-3-4-14(21)10-15/h3-10,12,18,23H,11H2,1-2H3,(H,22,24). The van der Waals surface area contributed by atoms with Crippen molar-refractivity contribution in [3.63, 3.8) is 0 Å². The minimum absolute atomic E-state index is 0.0656. The number of carbonyl (C=O) groups excluding carboxylic acids is 2. The molecule has 156 valence electrons. The maximum absolute atomic E-state index is 13.1. The van der Waals surface area contributed by atoms with Gasteiger partial charge in [-0.3, -0.25) is 9.59 Å². The van der Waals surface area contributed by atoms with Crippen LogP contribution in [0, 0.1) is 11.7 Å². The molecule has 1 amide bonds. The van der Waals surface area contributed by atoms with E-state index in [1.165, 1.54) is 42.5 Å². The smallest absolute Gasteiger partial charge is 0.324 e. The molecule has 2 aromatic rings. The van der Waals surface area contributed by atoms with Gasteiger partial charge in [-0.1, -0.05) is 31.5 Å². The van der Waals surface area contributed by atoms with E-state index in [1.54, 1.807) is 13.8 Å². The van der Waals surface area contributed by atoms with Crippen molar-refractivity contribution in [1.29, 1.82) is 0 Å². The van der Waals surface area contributed by atoms with Crippen molar-refractivity contribution in [3.05, 3.63) is 59.4 Å². The summed E-state index contributed by atoms with van der Waals surface area (Å²) in [6.07, 6.45) is 0. The van der Waals surface area contributed by atoms with Gasteiger partial charge in [0.2, 0.25) is 10.0 Å². The van der Waals surface area contributed by atoms with Gasteiger partial charge in [0.1, 0.15) is 11.9 Å². The molecule has 0 radical (unpaired) electrons. The van der Waals surface area contributed by atoms with E-state index in [0.717, 1.165) is 6.07 Å². The van der Waals surface area contributed by atoms with E-state index in [9.17, 15) is 22.4 Å². The maximum atomic E-state index is 13.1. The van der Waals surface area contributed by atoms with Crippen molar-refractivity contribution in [2.24, 2.45) is 5.92 Å². The summed E-state index contributed by atoms with van der Waals surface area (Å²) in [4.78, 5) is 24.2. The van der Waals surface area contributed by atoms with E-state index >= 15 is 0 Å². The molecule has 0 heterocycles. The van der Waals surface area contributed by atoms with Gasteiger partial charge in [0.15, 0.2) is 6.61 Å². The topological polar surface area (TPSA) is 102 Å². The highest BCUT2D eigenvalue weighted by Gasteiger charge is 2.30. The van der Waals surface area contributed by atoms with Crippen molar-refractivity contribution in [1.82, 2.24) is 4.72 Å². The van der Waals surface area contributed by atoms with E-state index in [0.29, 0.717) is 5.02 Å². The van der Waals surface area contributed by atoms with E-state index in [2.05, 4.69) is 10.0 Å². The number of hydrogen-bond acceptors (Lipinski definition) is 5. The molecule has 0 aromatic heterocycles. The lowest BCUT2D eigenvalue weighted by molar-refractivity contribution is -0.150. The van der Waals surface area contributed by atoms with Crippen LogP contribution in [0.15, 0.2) is 53.4 Å². The largest absolute Gasteiger partial charge is 0.454 e.